The molecule has 2 aliphatic rings. The number of hydrogen-bond acceptors (Lipinski definition) is 3. The van der Waals surface area contributed by atoms with Crippen LogP contribution in [0.1, 0.15) is 38.5 Å². The van der Waals surface area contributed by atoms with Crippen LogP contribution in [0.5, 0.6) is 0 Å². The smallest absolute Gasteiger partial charge is 0.214 e. The third-order valence-corrected chi connectivity index (χ3v) is 5.22. The van der Waals surface area contributed by atoms with E-state index in [2.05, 4.69) is 0 Å². The molecule has 4 nitrogen and oxygen atoms in total. The van der Waals surface area contributed by atoms with Gasteiger partial charge in [0, 0.05) is 19.2 Å². The molecule has 2 saturated carbocycles. The number of rotatable bonds is 8. The Labute approximate surface area is 97.7 Å². The van der Waals surface area contributed by atoms with E-state index in [1.54, 1.807) is 4.31 Å². The highest BCUT2D eigenvalue weighted by Crippen LogP contribution is 2.36. The zero-order valence-corrected chi connectivity index (χ0v) is 10.5. The molecule has 5 heteroatoms. The van der Waals surface area contributed by atoms with Gasteiger partial charge >= 0.3 is 0 Å². The van der Waals surface area contributed by atoms with Crippen LogP contribution in [0.3, 0.4) is 0 Å². The Hall–Kier alpha value is -0.130. The van der Waals surface area contributed by atoms with Crippen LogP contribution < -0.4 is 0 Å². The van der Waals surface area contributed by atoms with E-state index in [-0.39, 0.29) is 12.4 Å². The lowest BCUT2D eigenvalue weighted by Crippen LogP contribution is -2.36. The molecule has 0 unspecified atom stereocenters. The largest absolute Gasteiger partial charge is 0.396 e. The second-order valence-corrected chi connectivity index (χ2v) is 7.03. The van der Waals surface area contributed by atoms with E-state index in [1.807, 2.05) is 0 Å². The van der Waals surface area contributed by atoms with Gasteiger partial charge in [0.05, 0.1) is 5.75 Å². The summed E-state index contributed by atoms with van der Waals surface area (Å²) in [4.78, 5) is 0. The van der Waals surface area contributed by atoms with Gasteiger partial charge in [-0.3, -0.25) is 0 Å². The number of unbranched alkanes of at least 4 members (excludes halogenated alkanes) is 1. The van der Waals surface area contributed by atoms with Crippen LogP contribution in [0, 0.1) is 5.92 Å². The van der Waals surface area contributed by atoms with Crippen LogP contribution >= 0.6 is 0 Å². The lowest BCUT2D eigenvalue weighted by Gasteiger charge is -2.21. The van der Waals surface area contributed by atoms with Gasteiger partial charge in [-0.1, -0.05) is 0 Å². The average molecular weight is 247 g/mol. The number of aliphatic hydroxyl groups is 1. The second-order valence-electron chi connectivity index (χ2n) is 4.99. The van der Waals surface area contributed by atoms with Crippen molar-refractivity contribution in [2.24, 2.45) is 5.92 Å². The van der Waals surface area contributed by atoms with Crippen molar-refractivity contribution >= 4 is 10.0 Å². The van der Waals surface area contributed by atoms with Gasteiger partial charge in [0.2, 0.25) is 10.0 Å². The van der Waals surface area contributed by atoms with Gasteiger partial charge in [-0.15, -0.1) is 0 Å². The molecule has 0 aromatic rings. The minimum Gasteiger partial charge on any atom is -0.396 e. The van der Waals surface area contributed by atoms with Crippen molar-refractivity contribution in [2.75, 3.05) is 18.9 Å². The third-order valence-electron chi connectivity index (χ3n) is 3.26. The molecule has 0 amide bonds. The van der Waals surface area contributed by atoms with E-state index in [9.17, 15) is 8.42 Å². The summed E-state index contributed by atoms with van der Waals surface area (Å²) in [5.74, 6) is 0.824. The fourth-order valence-corrected chi connectivity index (χ4v) is 3.83. The third kappa shape index (κ3) is 3.43. The molecule has 0 radical (unpaired) electrons. The summed E-state index contributed by atoms with van der Waals surface area (Å²) in [6.07, 6.45) is 5.61. The Morgan fingerprint density at radius 3 is 2.31 bits per heavy atom. The van der Waals surface area contributed by atoms with Gasteiger partial charge in [-0.25, -0.2) is 8.42 Å². The van der Waals surface area contributed by atoms with E-state index in [0.717, 1.165) is 19.4 Å². The van der Waals surface area contributed by atoms with Crippen molar-refractivity contribution in [3.63, 3.8) is 0 Å². The zero-order valence-electron chi connectivity index (χ0n) is 9.64. The fourth-order valence-electron chi connectivity index (χ4n) is 1.92. The summed E-state index contributed by atoms with van der Waals surface area (Å²) in [7, 11) is -3.06. The Morgan fingerprint density at radius 1 is 1.12 bits per heavy atom. The number of sulfonamides is 1. The normalized spacial score (nSPS) is 21.6. The molecule has 0 atom stereocenters. The van der Waals surface area contributed by atoms with E-state index in [4.69, 9.17) is 5.11 Å². The molecule has 0 bridgehead atoms. The van der Waals surface area contributed by atoms with Gasteiger partial charge in [-0.05, 0) is 44.4 Å². The molecule has 0 heterocycles. The minimum atomic E-state index is -3.06. The summed E-state index contributed by atoms with van der Waals surface area (Å²) in [5.41, 5.74) is 0. The van der Waals surface area contributed by atoms with E-state index < -0.39 is 10.0 Å². The highest BCUT2D eigenvalue weighted by molar-refractivity contribution is 7.89. The first-order chi connectivity index (χ1) is 7.63. The van der Waals surface area contributed by atoms with Crippen LogP contribution in [0.25, 0.3) is 0 Å². The maximum Gasteiger partial charge on any atom is 0.214 e. The predicted molar refractivity (Wildman–Crippen MR) is 62.6 cm³/mol. The number of hydrogen-bond donors (Lipinski definition) is 1. The van der Waals surface area contributed by atoms with Gasteiger partial charge in [0.25, 0.3) is 0 Å². The first-order valence-corrected chi connectivity index (χ1v) is 7.85. The molecule has 2 aliphatic carbocycles. The standard InChI is InChI=1S/C11H21NO3S/c13-7-1-2-8-16(14,15)12(11-5-6-11)9-10-3-4-10/h10-11,13H,1-9H2. The van der Waals surface area contributed by atoms with E-state index in [0.29, 0.717) is 24.8 Å². The van der Waals surface area contributed by atoms with Crippen LogP contribution in [0.4, 0.5) is 0 Å². The molecule has 2 rings (SSSR count). The molecular weight excluding hydrogens is 226 g/mol. The fraction of sp³-hybridized carbons (Fsp3) is 1.00. The quantitative estimate of drug-likeness (QED) is 0.650. The summed E-state index contributed by atoms with van der Waals surface area (Å²) in [6.45, 7) is 0.827. The number of nitrogens with zero attached hydrogens (tertiary/aromatic N) is 1. The lowest BCUT2D eigenvalue weighted by molar-refractivity contribution is 0.286. The Morgan fingerprint density at radius 2 is 1.81 bits per heavy atom. The maximum absolute atomic E-state index is 12.1. The molecule has 0 aliphatic heterocycles. The second kappa shape index (κ2) is 5.02. The Bertz CT molecular complexity index is 320. The minimum absolute atomic E-state index is 0.0849. The molecule has 1 N–H and O–H groups in total. The Kier molecular flexibility index (Phi) is 3.87. The van der Waals surface area contributed by atoms with Crippen LogP contribution in [-0.4, -0.2) is 42.8 Å². The molecule has 0 spiro atoms. The molecule has 0 saturated heterocycles. The number of aliphatic hydroxyl groups excluding tert-OH is 1. The molecule has 16 heavy (non-hydrogen) atoms. The monoisotopic (exact) mass is 247 g/mol. The van der Waals surface area contributed by atoms with E-state index >= 15 is 0 Å². The predicted octanol–water partition coefficient (Wildman–Crippen LogP) is 0.963. The van der Waals surface area contributed by atoms with Crippen molar-refractivity contribution in [1.82, 2.24) is 4.31 Å². The van der Waals surface area contributed by atoms with Crippen molar-refractivity contribution in [3.05, 3.63) is 0 Å². The van der Waals surface area contributed by atoms with Crippen molar-refractivity contribution < 1.29 is 13.5 Å². The lowest BCUT2D eigenvalue weighted by atomic mass is 10.4. The van der Waals surface area contributed by atoms with Gasteiger partial charge in [0.1, 0.15) is 0 Å². The summed E-state index contributed by atoms with van der Waals surface area (Å²) < 4.78 is 25.9. The molecule has 94 valence electrons. The summed E-state index contributed by atoms with van der Waals surface area (Å²) in [5, 5.41) is 8.67. The zero-order chi connectivity index (χ0) is 11.6. The summed E-state index contributed by atoms with van der Waals surface area (Å²) in [6, 6.07) is 0.291. The van der Waals surface area contributed by atoms with Gasteiger partial charge in [0.15, 0.2) is 0 Å². The summed E-state index contributed by atoms with van der Waals surface area (Å²) >= 11 is 0. The molecule has 0 aromatic heterocycles. The first-order valence-electron chi connectivity index (χ1n) is 6.24. The van der Waals surface area contributed by atoms with Crippen LogP contribution in [0.2, 0.25) is 0 Å². The van der Waals surface area contributed by atoms with E-state index in [1.165, 1.54) is 12.8 Å². The average Bonchev–Trinajstić information content (AvgIpc) is 3.08. The molecular formula is C11H21NO3S. The molecule has 2 fully saturated rings. The van der Waals surface area contributed by atoms with Crippen molar-refractivity contribution in [1.29, 1.82) is 0 Å². The van der Waals surface area contributed by atoms with Gasteiger partial charge < -0.3 is 5.11 Å². The van der Waals surface area contributed by atoms with Crippen molar-refractivity contribution in [3.8, 4) is 0 Å². The molecule has 0 aromatic carbocycles. The first kappa shape index (κ1) is 12.3. The topological polar surface area (TPSA) is 57.6 Å². The highest BCUT2D eigenvalue weighted by atomic mass is 32.2. The Balaban J connectivity index is 1.88. The van der Waals surface area contributed by atoms with Crippen molar-refractivity contribution in [2.45, 2.75) is 44.6 Å². The van der Waals surface area contributed by atoms with Crippen LogP contribution in [-0.2, 0) is 10.0 Å². The highest BCUT2D eigenvalue weighted by Gasteiger charge is 2.39. The SMILES string of the molecule is O=S(=O)(CCCCO)N(CC1CC1)C1CC1. The maximum atomic E-state index is 12.1. The van der Waals surface area contributed by atoms with Crippen LogP contribution in [0.15, 0.2) is 0 Å². The van der Waals surface area contributed by atoms with Gasteiger partial charge in [-0.2, -0.15) is 4.31 Å².